The Bertz CT molecular complexity index is 729. The van der Waals surface area contributed by atoms with Gasteiger partial charge in [-0.15, -0.1) is 0 Å². The Labute approximate surface area is 123 Å². The molecule has 4 nitrogen and oxygen atoms in total. The summed E-state index contributed by atoms with van der Waals surface area (Å²) in [6.45, 7) is 0. The number of hydrogen-bond acceptors (Lipinski definition) is 4. The number of benzene rings is 2. The van der Waals surface area contributed by atoms with Crippen molar-refractivity contribution in [1.82, 2.24) is 0 Å². The number of nitrogen functional groups attached to an aromatic ring is 1. The van der Waals surface area contributed by atoms with E-state index in [2.05, 4.69) is 0 Å². The van der Waals surface area contributed by atoms with Crippen LogP contribution in [0.1, 0.15) is 5.56 Å². The molecule has 6 heteroatoms. The summed E-state index contributed by atoms with van der Waals surface area (Å²) in [5.41, 5.74) is 6.67. The number of sulfone groups is 1. The lowest BCUT2D eigenvalue weighted by Crippen LogP contribution is -2.07. The second kappa shape index (κ2) is 5.73. The third-order valence-corrected chi connectivity index (χ3v) is 4.75. The zero-order valence-electron chi connectivity index (χ0n) is 10.8. The Hall–Kier alpha value is -1.72. The predicted molar refractivity (Wildman–Crippen MR) is 79.7 cm³/mol. The normalized spacial score (nSPS) is 11.3. The van der Waals surface area contributed by atoms with Crippen molar-refractivity contribution >= 4 is 27.1 Å². The van der Waals surface area contributed by atoms with E-state index >= 15 is 0 Å². The lowest BCUT2D eigenvalue weighted by Gasteiger charge is -2.09. The van der Waals surface area contributed by atoms with Gasteiger partial charge in [-0.25, -0.2) is 8.42 Å². The molecular weight excluding hydrogens is 298 g/mol. The lowest BCUT2D eigenvalue weighted by atomic mass is 10.2. The summed E-state index contributed by atoms with van der Waals surface area (Å²) >= 11 is 5.87. The summed E-state index contributed by atoms with van der Waals surface area (Å²) in [7, 11) is -2.02. The molecule has 0 aromatic heterocycles. The maximum absolute atomic E-state index is 12.4. The quantitative estimate of drug-likeness (QED) is 0.881. The monoisotopic (exact) mass is 311 g/mol. The molecule has 0 bridgehead atoms. The minimum atomic E-state index is -3.50. The van der Waals surface area contributed by atoms with E-state index in [1.807, 2.05) is 0 Å². The van der Waals surface area contributed by atoms with Crippen LogP contribution in [0.4, 0.5) is 5.69 Å². The van der Waals surface area contributed by atoms with Crippen LogP contribution in [-0.4, -0.2) is 15.5 Å². The third kappa shape index (κ3) is 3.23. The first kappa shape index (κ1) is 14.7. The fourth-order valence-electron chi connectivity index (χ4n) is 1.78. The molecule has 106 valence electrons. The first-order valence-corrected chi connectivity index (χ1v) is 7.86. The highest BCUT2D eigenvalue weighted by atomic mass is 35.5. The van der Waals surface area contributed by atoms with Crippen LogP contribution < -0.4 is 10.5 Å². The van der Waals surface area contributed by atoms with Crippen molar-refractivity contribution in [2.24, 2.45) is 0 Å². The van der Waals surface area contributed by atoms with E-state index in [1.54, 1.807) is 30.3 Å². The summed E-state index contributed by atoms with van der Waals surface area (Å²) in [5.74, 6) is 0.289. The zero-order chi connectivity index (χ0) is 14.8. The van der Waals surface area contributed by atoms with Crippen LogP contribution in [0.15, 0.2) is 47.4 Å². The van der Waals surface area contributed by atoms with Crippen LogP contribution in [0.5, 0.6) is 5.75 Å². The Morgan fingerprint density at radius 1 is 1.20 bits per heavy atom. The maximum atomic E-state index is 12.4. The molecule has 2 aromatic rings. The standard InChI is InChI=1S/C14H14ClNO3S/c1-19-12-3-2-4-13(8-12)20(17,18)9-10-7-11(15)5-6-14(10)16/h2-8H,9,16H2,1H3. The summed E-state index contributed by atoms with van der Waals surface area (Å²) in [5, 5.41) is 0.454. The number of ether oxygens (including phenoxy) is 1. The Morgan fingerprint density at radius 3 is 2.65 bits per heavy atom. The molecule has 0 aliphatic heterocycles. The first-order chi connectivity index (χ1) is 9.42. The molecule has 0 spiro atoms. The molecule has 20 heavy (non-hydrogen) atoms. The van der Waals surface area contributed by atoms with Crippen molar-refractivity contribution in [2.75, 3.05) is 12.8 Å². The van der Waals surface area contributed by atoms with E-state index in [9.17, 15) is 8.42 Å². The molecule has 0 unspecified atom stereocenters. The van der Waals surface area contributed by atoms with E-state index in [-0.39, 0.29) is 10.6 Å². The van der Waals surface area contributed by atoms with Gasteiger partial charge in [-0.1, -0.05) is 17.7 Å². The van der Waals surface area contributed by atoms with Gasteiger partial charge in [-0.05, 0) is 42.0 Å². The molecule has 0 aliphatic rings. The summed E-state index contributed by atoms with van der Waals surface area (Å²) < 4.78 is 29.8. The average molecular weight is 312 g/mol. The van der Waals surface area contributed by atoms with E-state index < -0.39 is 9.84 Å². The zero-order valence-corrected chi connectivity index (χ0v) is 12.4. The second-order valence-corrected chi connectivity index (χ2v) is 6.71. The molecule has 0 amide bonds. The van der Waals surface area contributed by atoms with E-state index in [4.69, 9.17) is 22.1 Å². The van der Waals surface area contributed by atoms with Gasteiger partial charge in [0.1, 0.15) is 5.75 Å². The van der Waals surface area contributed by atoms with Gasteiger partial charge in [0.25, 0.3) is 0 Å². The summed E-state index contributed by atoms with van der Waals surface area (Å²) in [6, 6.07) is 11.1. The van der Waals surface area contributed by atoms with Gasteiger partial charge in [0, 0.05) is 10.7 Å². The number of nitrogens with two attached hydrogens (primary N) is 1. The molecule has 0 radical (unpaired) electrons. The Kier molecular flexibility index (Phi) is 4.20. The Morgan fingerprint density at radius 2 is 1.95 bits per heavy atom. The minimum absolute atomic E-state index is 0.191. The highest BCUT2D eigenvalue weighted by Gasteiger charge is 2.17. The second-order valence-electron chi connectivity index (χ2n) is 4.28. The molecule has 0 heterocycles. The van der Waals surface area contributed by atoms with Crippen LogP contribution in [-0.2, 0) is 15.6 Å². The van der Waals surface area contributed by atoms with Gasteiger partial charge in [0.05, 0.1) is 17.8 Å². The summed E-state index contributed by atoms with van der Waals surface area (Å²) in [6.07, 6.45) is 0. The molecular formula is C14H14ClNO3S. The van der Waals surface area contributed by atoms with Crippen molar-refractivity contribution in [1.29, 1.82) is 0 Å². The largest absolute Gasteiger partial charge is 0.497 e. The van der Waals surface area contributed by atoms with Crippen LogP contribution >= 0.6 is 11.6 Å². The maximum Gasteiger partial charge on any atom is 0.182 e. The molecule has 0 aliphatic carbocycles. The average Bonchev–Trinajstić information content (AvgIpc) is 2.43. The van der Waals surface area contributed by atoms with E-state index in [0.29, 0.717) is 22.0 Å². The van der Waals surface area contributed by atoms with E-state index in [0.717, 1.165) is 0 Å². The molecule has 0 saturated heterocycles. The molecule has 0 saturated carbocycles. The number of anilines is 1. The van der Waals surface area contributed by atoms with Gasteiger partial charge in [-0.3, -0.25) is 0 Å². The van der Waals surface area contributed by atoms with Crippen molar-refractivity contribution in [3.8, 4) is 5.75 Å². The van der Waals surface area contributed by atoms with Crippen LogP contribution in [0.2, 0.25) is 5.02 Å². The SMILES string of the molecule is COc1cccc(S(=O)(=O)Cc2cc(Cl)ccc2N)c1. The van der Waals surface area contributed by atoms with Crippen molar-refractivity contribution in [3.63, 3.8) is 0 Å². The molecule has 0 fully saturated rings. The van der Waals surface area contributed by atoms with Crippen LogP contribution in [0.3, 0.4) is 0 Å². The van der Waals surface area contributed by atoms with Gasteiger partial charge < -0.3 is 10.5 Å². The summed E-state index contributed by atoms with van der Waals surface area (Å²) in [4.78, 5) is 0.191. The number of methoxy groups -OCH3 is 1. The van der Waals surface area contributed by atoms with Crippen molar-refractivity contribution < 1.29 is 13.2 Å². The topological polar surface area (TPSA) is 69.4 Å². The lowest BCUT2D eigenvalue weighted by molar-refractivity contribution is 0.413. The van der Waals surface area contributed by atoms with Crippen molar-refractivity contribution in [2.45, 2.75) is 10.6 Å². The van der Waals surface area contributed by atoms with Crippen molar-refractivity contribution in [3.05, 3.63) is 53.1 Å². The van der Waals surface area contributed by atoms with Gasteiger partial charge in [0.2, 0.25) is 0 Å². The third-order valence-electron chi connectivity index (χ3n) is 2.85. The molecule has 2 aromatic carbocycles. The van der Waals surface area contributed by atoms with Gasteiger partial charge >= 0.3 is 0 Å². The molecule has 2 rings (SSSR count). The number of rotatable bonds is 4. The molecule has 2 N–H and O–H groups in total. The Balaban J connectivity index is 2.38. The fraction of sp³-hybridized carbons (Fsp3) is 0.143. The highest BCUT2D eigenvalue weighted by Crippen LogP contribution is 2.25. The smallest absolute Gasteiger partial charge is 0.182 e. The van der Waals surface area contributed by atoms with Gasteiger partial charge in [-0.2, -0.15) is 0 Å². The van der Waals surface area contributed by atoms with Crippen LogP contribution in [0, 0.1) is 0 Å². The minimum Gasteiger partial charge on any atom is -0.497 e. The fourth-order valence-corrected chi connectivity index (χ4v) is 3.38. The first-order valence-electron chi connectivity index (χ1n) is 5.83. The van der Waals surface area contributed by atoms with Crippen LogP contribution in [0.25, 0.3) is 0 Å². The predicted octanol–water partition coefficient (Wildman–Crippen LogP) is 2.90. The van der Waals surface area contributed by atoms with E-state index in [1.165, 1.54) is 19.2 Å². The number of hydrogen-bond donors (Lipinski definition) is 1. The number of halogens is 1. The van der Waals surface area contributed by atoms with Gasteiger partial charge in [0.15, 0.2) is 9.84 Å². The highest BCUT2D eigenvalue weighted by molar-refractivity contribution is 7.90. The molecule has 0 atom stereocenters.